The number of aromatic nitrogens is 2. The van der Waals surface area contributed by atoms with Crippen LogP contribution < -0.4 is 5.32 Å². The Hall–Kier alpha value is -1.32. The highest BCUT2D eigenvalue weighted by Crippen LogP contribution is 2.04. The van der Waals surface area contributed by atoms with Crippen LogP contribution in [0.3, 0.4) is 0 Å². The van der Waals surface area contributed by atoms with Gasteiger partial charge in [0.25, 0.3) is 0 Å². The lowest BCUT2D eigenvalue weighted by Crippen LogP contribution is -2.09. The van der Waals surface area contributed by atoms with Crippen molar-refractivity contribution in [1.82, 2.24) is 15.1 Å². The number of hydrogen-bond donors (Lipinski definition) is 1. The van der Waals surface area contributed by atoms with E-state index in [0.29, 0.717) is 13.0 Å². The van der Waals surface area contributed by atoms with Crippen molar-refractivity contribution in [2.45, 2.75) is 26.9 Å². The first-order valence-electron chi connectivity index (χ1n) is 3.98. The Labute approximate surface area is 71.6 Å². The molecule has 1 aromatic heterocycles. The van der Waals surface area contributed by atoms with Crippen molar-refractivity contribution < 1.29 is 4.79 Å². The molecule has 0 aromatic carbocycles. The lowest BCUT2D eigenvalue weighted by molar-refractivity contribution is -0.109. The molecule has 1 N–H and O–H groups in total. The maximum atomic E-state index is 10.0. The van der Waals surface area contributed by atoms with E-state index in [4.69, 9.17) is 0 Å². The fourth-order valence-corrected chi connectivity index (χ4v) is 1.05. The van der Waals surface area contributed by atoms with E-state index in [-0.39, 0.29) is 0 Å². The molecule has 0 saturated carbocycles. The summed E-state index contributed by atoms with van der Waals surface area (Å²) in [5.74, 6) is 0. The number of aryl methyl sites for hydroxylation is 2. The summed E-state index contributed by atoms with van der Waals surface area (Å²) < 4.78 is 1.86. The van der Waals surface area contributed by atoms with Gasteiger partial charge in [-0.3, -0.25) is 9.48 Å². The van der Waals surface area contributed by atoms with Gasteiger partial charge in [0, 0.05) is 24.8 Å². The van der Waals surface area contributed by atoms with Gasteiger partial charge in [0.15, 0.2) is 0 Å². The molecular formula is C8H13N3O. The monoisotopic (exact) mass is 167 g/mol. The maximum absolute atomic E-state index is 10.0. The van der Waals surface area contributed by atoms with Gasteiger partial charge in [-0.15, -0.1) is 0 Å². The standard InChI is InChI=1S/C8H13N3O/c1-3-11-5-8(4-9-6-12)7(2)10-11/h5-6H,3-4H2,1-2H3,(H,9,12). The molecule has 0 atom stereocenters. The molecule has 0 unspecified atom stereocenters. The summed E-state index contributed by atoms with van der Waals surface area (Å²) in [4.78, 5) is 10.0. The lowest BCUT2D eigenvalue weighted by Gasteiger charge is -1.94. The van der Waals surface area contributed by atoms with Crippen LogP contribution >= 0.6 is 0 Å². The van der Waals surface area contributed by atoms with E-state index >= 15 is 0 Å². The molecule has 0 radical (unpaired) electrons. The van der Waals surface area contributed by atoms with Crippen molar-refractivity contribution in [2.24, 2.45) is 0 Å². The number of nitrogens with one attached hydrogen (secondary N) is 1. The van der Waals surface area contributed by atoms with Crippen LogP contribution in [-0.2, 0) is 17.9 Å². The van der Waals surface area contributed by atoms with Crippen molar-refractivity contribution in [1.29, 1.82) is 0 Å². The number of amides is 1. The molecule has 1 amide bonds. The van der Waals surface area contributed by atoms with Crippen molar-refractivity contribution in [2.75, 3.05) is 0 Å². The van der Waals surface area contributed by atoms with Crippen molar-refractivity contribution in [3.8, 4) is 0 Å². The Morgan fingerprint density at radius 2 is 2.50 bits per heavy atom. The van der Waals surface area contributed by atoms with Gasteiger partial charge in [-0.25, -0.2) is 0 Å². The van der Waals surface area contributed by atoms with Gasteiger partial charge in [-0.1, -0.05) is 0 Å². The fraction of sp³-hybridized carbons (Fsp3) is 0.500. The summed E-state index contributed by atoms with van der Waals surface area (Å²) in [6, 6.07) is 0. The molecule has 1 heterocycles. The number of carbonyl (C=O) groups is 1. The summed E-state index contributed by atoms with van der Waals surface area (Å²) in [6.45, 7) is 5.40. The first kappa shape index (κ1) is 8.77. The zero-order chi connectivity index (χ0) is 8.97. The third kappa shape index (κ3) is 1.84. The van der Waals surface area contributed by atoms with Gasteiger partial charge in [-0.2, -0.15) is 5.10 Å². The molecule has 0 aliphatic heterocycles. The Balaban J connectivity index is 2.70. The number of rotatable bonds is 4. The van der Waals surface area contributed by atoms with Gasteiger partial charge >= 0.3 is 0 Å². The average molecular weight is 167 g/mol. The minimum atomic E-state index is 0.565. The van der Waals surface area contributed by atoms with E-state index in [9.17, 15) is 4.79 Å². The molecule has 4 nitrogen and oxygen atoms in total. The zero-order valence-corrected chi connectivity index (χ0v) is 7.37. The van der Waals surface area contributed by atoms with E-state index < -0.39 is 0 Å². The normalized spacial score (nSPS) is 9.83. The molecule has 4 heteroatoms. The number of hydrogen-bond acceptors (Lipinski definition) is 2. The predicted octanol–water partition coefficient (Wildman–Crippen LogP) is 0.457. The SMILES string of the molecule is CCn1cc(CNC=O)c(C)n1. The Bertz CT molecular complexity index is 267. The van der Waals surface area contributed by atoms with Crippen LogP contribution in [0.15, 0.2) is 6.20 Å². The second-order valence-electron chi connectivity index (χ2n) is 2.59. The summed E-state index contributed by atoms with van der Waals surface area (Å²) >= 11 is 0. The Morgan fingerprint density at radius 1 is 1.75 bits per heavy atom. The van der Waals surface area contributed by atoms with Crippen molar-refractivity contribution in [3.05, 3.63) is 17.5 Å². The second kappa shape index (κ2) is 3.90. The molecule has 0 aliphatic rings. The van der Waals surface area contributed by atoms with Crippen LogP contribution in [0.2, 0.25) is 0 Å². The molecule has 0 fully saturated rings. The van der Waals surface area contributed by atoms with Crippen LogP contribution in [0.5, 0.6) is 0 Å². The molecule has 66 valence electrons. The molecule has 0 saturated heterocycles. The van der Waals surface area contributed by atoms with Gasteiger partial charge in [0.1, 0.15) is 0 Å². The van der Waals surface area contributed by atoms with Crippen LogP contribution in [0.25, 0.3) is 0 Å². The van der Waals surface area contributed by atoms with Crippen LogP contribution in [-0.4, -0.2) is 16.2 Å². The van der Waals surface area contributed by atoms with Gasteiger partial charge in [-0.05, 0) is 13.8 Å². The largest absolute Gasteiger partial charge is 0.354 e. The number of nitrogens with zero attached hydrogens (tertiary/aromatic N) is 2. The van der Waals surface area contributed by atoms with Gasteiger partial charge in [0.05, 0.1) is 5.69 Å². The summed E-state index contributed by atoms with van der Waals surface area (Å²) in [6.07, 6.45) is 2.65. The molecule has 0 spiro atoms. The molecule has 0 aliphatic carbocycles. The third-order valence-corrected chi connectivity index (χ3v) is 1.75. The summed E-state index contributed by atoms with van der Waals surface area (Å²) in [7, 11) is 0. The fourth-order valence-electron chi connectivity index (χ4n) is 1.05. The van der Waals surface area contributed by atoms with Gasteiger partial charge < -0.3 is 5.32 Å². The molecule has 1 rings (SSSR count). The maximum Gasteiger partial charge on any atom is 0.207 e. The zero-order valence-electron chi connectivity index (χ0n) is 7.37. The van der Waals surface area contributed by atoms with Gasteiger partial charge in [0.2, 0.25) is 6.41 Å². The van der Waals surface area contributed by atoms with Crippen LogP contribution in [0.1, 0.15) is 18.2 Å². The highest BCUT2D eigenvalue weighted by molar-refractivity contribution is 5.46. The minimum absolute atomic E-state index is 0.565. The molecule has 1 aromatic rings. The van der Waals surface area contributed by atoms with Crippen LogP contribution in [0.4, 0.5) is 0 Å². The Morgan fingerprint density at radius 3 is 3.00 bits per heavy atom. The molecule has 0 bridgehead atoms. The van der Waals surface area contributed by atoms with Crippen molar-refractivity contribution in [3.63, 3.8) is 0 Å². The highest BCUT2D eigenvalue weighted by Gasteiger charge is 2.01. The predicted molar refractivity (Wildman–Crippen MR) is 45.5 cm³/mol. The summed E-state index contributed by atoms with van der Waals surface area (Å²) in [5, 5.41) is 6.85. The molecular weight excluding hydrogens is 154 g/mol. The smallest absolute Gasteiger partial charge is 0.207 e. The highest BCUT2D eigenvalue weighted by atomic mass is 16.1. The quantitative estimate of drug-likeness (QED) is 0.662. The van der Waals surface area contributed by atoms with E-state index in [1.807, 2.05) is 24.7 Å². The van der Waals surface area contributed by atoms with E-state index in [0.717, 1.165) is 17.8 Å². The van der Waals surface area contributed by atoms with Crippen LogP contribution in [0, 0.1) is 6.92 Å². The second-order valence-corrected chi connectivity index (χ2v) is 2.59. The summed E-state index contributed by atoms with van der Waals surface area (Å²) in [5.41, 5.74) is 2.05. The Kier molecular flexibility index (Phi) is 2.85. The lowest BCUT2D eigenvalue weighted by atomic mass is 10.3. The minimum Gasteiger partial charge on any atom is -0.354 e. The third-order valence-electron chi connectivity index (χ3n) is 1.75. The number of carbonyl (C=O) groups excluding carboxylic acids is 1. The first-order valence-corrected chi connectivity index (χ1v) is 3.98. The first-order chi connectivity index (χ1) is 5.77. The van der Waals surface area contributed by atoms with E-state index in [1.165, 1.54) is 0 Å². The topological polar surface area (TPSA) is 46.9 Å². The van der Waals surface area contributed by atoms with E-state index in [2.05, 4.69) is 10.4 Å². The molecule has 12 heavy (non-hydrogen) atoms. The van der Waals surface area contributed by atoms with Crippen molar-refractivity contribution >= 4 is 6.41 Å². The van der Waals surface area contributed by atoms with E-state index in [1.54, 1.807) is 0 Å². The average Bonchev–Trinajstić information content (AvgIpc) is 2.43.